The maximum atomic E-state index is 12.5. The molecule has 4 rings (SSSR count). The summed E-state index contributed by atoms with van der Waals surface area (Å²) in [5.74, 6) is 6.17. The molecule has 9 nitrogen and oxygen atoms in total. The fraction of sp³-hybridized carbons (Fsp3) is 0.176. The molecule has 0 spiro atoms. The zero-order valence-electron chi connectivity index (χ0n) is 14.9. The lowest BCUT2D eigenvalue weighted by atomic mass is 10.2. The molecule has 0 bridgehead atoms. The molecular weight excluding hydrogens is 387 g/mol. The Labute approximate surface area is 162 Å². The van der Waals surface area contributed by atoms with Crippen LogP contribution in [0.25, 0.3) is 16.8 Å². The summed E-state index contributed by atoms with van der Waals surface area (Å²) < 4.78 is 40.1. The second-order valence-electron chi connectivity index (χ2n) is 6.23. The number of aromatic nitrogens is 6. The van der Waals surface area contributed by atoms with E-state index >= 15 is 0 Å². The lowest BCUT2D eigenvalue weighted by Crippen LogP contribution is -2.17. The highest BCUT2D eigenvalue weighted by molar-refractivity contribution is 5.65. The number of anilines is 2. The van der Waals surface area contributed by atoms with E-state index in [1.165, 1.54) is 18.6 Å². The van der Waals surface area contributed by atoms with Gasteiger partial charge in [0.05, 0.1) is 23.6 Å². The van der Waals surface area contributed by atoms with Crippen molar-refractivity contribution in [1.82, 2.24) is 29.4 Å². The molecule has 0 atom stereocenters. The van der Waals surface area contributed by atoms with Gasteiger partial charge in [0, 0.05) is 30.7 Å². The van der Waals surface area contributed by atoms with Gasteiger partial charge in [-0.05, 0) is 23.8 Å². The van der Waals surface area contributed by atoms with Crippen molar-refractivity contribution in [2.24, 2.45) is 5.84 Å². The SMILES string of the molecule is NNc1ncc(-c2cnn(CC(F)(F)F)c2)nc1NCc1ccn2nccc2c1. The second-order valence-corrected chi connectivity index (χ2v) is 6.23. The van der Waals surface area contributed by atoms with Gasteiger partial charge < -0.3 is 10.7 Å². The Morgan fingerprint density at radius 2 is 1.97 bits per heavy atom. The van der Waals surface area contributed by atoms with Crippen molar-refractivity contribution in [2.75, 3.05) is 10.7 Å². The molecule has 4 heterocycles. The van der Waals surface area contributed by atoms with E-state index in [0.29, 0.717) is 29.4 Å². The van der Waals surface area contributed by atoms with Crippen molar-refractivity contribution in [3.63, 3.8) is 0 Å². The third-order valence-electron chi connectivity index (χ3n) is 4.10. The zero-order chi connectivity index (χ0) is 20.4. The van der Waals surface area contributed by atoms with Crippen molar-refractivity contribution < 1.29 is 13.2 Å². The van der Waals surface area contributed by atoms with Crippen LogP contribution in [0.5, 0.6) is 0 Å². The third-order valence-corrected chi connectivity index (χ3v) is 4.10. The maximum absolute atomic E-state index is 12.5. The van der Waals surface area contributed by atoms with Crippen molar-refractivity contribution in [3.8, 4) is 11.3 Å². The van der Waals surface area contributed by atoms with E-state index in [1.54, 1.807) is 10.7 Å². The van der Waals surface area contributed by atoms with E-state index in [9.17, 15) is 13.2 Å². The highest BCUT2D eigenvalue weighted by atomic mass is 19.4. The van der Waals surface area contributed by atoms with Crippen molar-refractivity contribution >= 4 is 17.2 Å². The number of rotatable bonds is 6. The molecule has 0 aliphatic carbocycles. The van der Waals surface area contributed by atoms with Crippen LogP contribution in [0, 0.1) is 0 Å². The first-order chi connectivity index (χ1) is 13.9. The van der Waals surface area contributed by atoms with Gasteiger partial charge in [-0.2, -0.15) is 23.4 Å². The van der Waals surface area contributed by atoms with Crippen LogP contribution >= 0.6 is 0 Å². The van der Waals surface area contributed by atoms with Crippen molar-refractivity contribution in [1.29, 1.82) is 0 Å². The van der Waals surface area contributed by atoms with E-state index in [2.05, 4.69) is 30.9 Å². The summed E-state index contributed by atoms with van der Waals surface area (Å²) in [6.07, 6.45) is 3.18. The Morgan fingerprint density at radius 1 is 1.10 bits per heavy atom. The summed E-state index contributed by atoms with van der Waals surface area (Å²) in [5, 5.41) is 11.0. The molecule has 4 N–H and O–H groups in total. The molecule has 29 heavy (non-hydrogen) atoms. The van der Waals surface area contributed by atoms with Crippen LogP contribution in [0.4, 0.5) is 24.8 Å². The number of pyridine rings is 1. The molecule has 0 saturated heterocycles. The lowest BCUT2D eigenvalue weighted by molar-refractivity contribution is -0.142. The number of hydrazine groups is 1. The molecule has 0 fully saturated rings. The van der Waals surface area contributed by atoms with E-state index in [-0.39, 0.29) is 0 Å². The van der Waals surface area contributed by atoms with Gasteiger partial charge in [-0.3, -0.25) is 4.68 Å². The van der Waals surface area contributed by atoms with Crippen LogP contribution in [0.3, 0.4) is 0 Å². The summed E-state index contributed by atoms with van der Waals surface area (Å²) in [7, 11) is 0. The standard InChI is InChI=1S/C17H16F3N9/c18-17(19,20)10-28-9-12(7-25-28)14-8-23-16(27-21)15(26-14)22-6-11-2-4-29-13(5-11)1-3-24-29/h1-5,7-9H,6,10,21H2,(H,22,26)(H,23,27). The minimum atomic E-state index is -4.36. The molecule has 0 saturated carbocycles. The number of nitrogens with zero attached hydrogens (tertiary/aromatic N) is 6. The van der Waals surface area contributed by atoms with Crippen LogP contribution < -0.4 is 16.6 Å². The Hall–Kier alpha value is -3.67. The van der Waals surface area contributed by atoms with Gasteiger partial charge in [-0.1, -0.05) is 0 Å². The predicted molar refractivity (Wildman–Crippen MR) is 99.6 cm³/mol. The van der Waals surface area contributed by atoms with E-state index in [1.807, 2.05) is 24.4 Å². The molecule has 150 valence electrons. The average Bonchev–Trinajstić information content (AvgIpc) is 3.33. The molecular formula is C17H16F3N9. The number of nitrogen functional groups attached to an aromatic ring is 1. The minimum absolute atomic E-state index is 0.307. The van der Waals surface area contributed by atoms with Gasteiger partial charge >= 0.3 is 6.18 Å². The highest BCUT2D eigenvalue weighted by Gasteiger charge is 2.28. The Balaban J connectivity index is 1.55. The fourth-order valence-electron chi connectivity index (χ4n) is 2.79. The first-order valence-electron chi connectivity index (χ1n) is 8.51. The number of hydrogen-bond acceptors (Lipinski definition) is 7. The summed E-state index contributed by atoms with van der Waals surface area (Å²) in [5.41, 5.74) is 5.15. The van der Waals surface area contributed by atoms with Gasteiger partial charge in [-0.15, -0.1) is 0 Å². The van der Waals surface area contributed by atoms with E-state index in [4.69, 9.17) is 5.84 Å². The fourth-order valence-corrected chi connectivity index (χ4v) is 2.79. The second kappa shape index (κ2) is 7.39. The number of hydrogen-bond donors (Lipinski definition) is 3. The normalized spacial score (nSPS) is 11.7. The molecule has 0 aliphatic rings. The number of fused-ring (bicyclic) bond motifs is 1. The van der Waals surface area contributed by atoms with Gasteiger partial charge in [0.15, 0.2) is 11.6 Å². The van der Waals surface area contributed by atoms with Crippen LogP contribution in [-0.2, 0) is 13.1 Å². The summed E-state index contributed by atoms with van der Waals surface area (Å²) in [4.78, 5) is 8.60. The Bertz CT molecular complexity index is 1130. The highest BCUT2D eigenvalue weighted by Crippen LogP contribution is 2.24. The lowest BCUT2D eigenvalue weighted by Gasteiger charge is -2.11. The van der Waals surface area contributed by atoms with Gasteiger partial charge in [0.1, 0.15) is 6.54 Å². The monoisotopic (exact) mass is 403 g/mol. The Kier molecular flexibility index (Phi) is 4.76. The zero-order valence-corrected chi connectivity index (χ0v) is 14.9. The van der Waals surface area contributed by atoms with Crippen molar-refractivity contribution in [2.45, 2.75) is 19.3 Å². The van der Waals surface area contributed by atoms with Gasteiger partial charge in [-0.25, -0.2) is 20.3 Å². The third kappa shape index (κ3) is 4.27. The largest absolute Gasteiger partial charge is 0.408 e. The molecule has 4 aromatic heterocycles. The summed E-state index contributed by atoms with van der Waals surface area (Å²) in [6, 6.07) is 5.75. The average molecular weight is 403 g/mol. The molecule has 0 aromatic carbocycles. The van der Waals surface area contributed by atoms with Crippen LogP contribution in [0.1, 0.15) is 5.56 Å². The van der Waals surface area contributed by atoms with Crippen LogP contribution in [0.15, 0.2) is 49.2 Å². The van der Waals surface area contributed by atoms with Gasteiger partial charge in [0.2, 0.25) is 0 Å². The predicted octanol–water partition coefficient (Wildman–Crippen LogP) is 2.45. The molecule has 0 unspecified atom stereocenters. The molecule has 0 radical (unpaired) electrons. The minimum Gasteiger partial charge on any atom is -0.363 e. The Morgan fingerprint density at radius 3 is 2.76 bits per heavy atom. The molecule has 0 amide bonds. The van der Waals surface area contributed by atoms with Crippen molar-refractivity contribution in [3.05, 3.63) is 54.7 Å². The van der Waals surface area contributed by atoms with E-state index < -0.39 is 12.7 Å². The van der Waals surface area contributed by atoms with Crippen LogP contribution in [0.2, 0.25) is 0 Å². The first-order valence-corrected chi connectivity index (χ1v) is 8.51. The summed E-state index contributed by atoms with van der Waals surface area (Å²) >= 11 is 0. The van der Waals surface area contributed by atoms with Gasteiger partial charge in [0.25, 0.3) is 0 Å². The number of halogens is 3. The molecule has 0 aliphatic heterocycles. The molecule has 12 heteroatoms. The quantitative estimate of drug-likeness (QED) is 0.335. The summed E-state index contributed by atoms with van der Waals surface area (Å²) in [6.45, 7) is -0.743. The number of nitrogens with two attached hydrogens (primary N) is 1. The van der Waals surface area contributed by atoms with Crippen LogP contribution in [-0.4, -0.2) is 35.5 Å². The number of nitrogens with one attached hydrogen (secondary N) is 2. The van der Waals surface area contributed by atoms with E-state index in [0.717, 1.165) is 15.8 Å². The smallest absolute Gasteiger partial charge is 0.363 e. The topological polar surface area (TPSA) is 111 Å². The maximum Gasteiger partial charge on any atom is 0.408 e. The number of alkyl halides is 3. The first kappa shape index (κ1) is 18.7. The molecule has 4 aromatic rings.